The number of benzene rings is 2. The van der Waals surface area contributed by atoms with E-state index in [0.29, 0.717) is 17.8 Å². The van der Waals surface area contributed by atoms with Crippen LogP contribution in [0.25, 0.3) is 0 Å². The SMILES string of the molecule is CC(C)c1cccc(C(C)C)c1NN=Cc1ccccc1C1C=CC=C1. The zero-order valence-electron chi connectivity index (χ0n) is 16.1. The number of rotatable bonds is 6. The van der Waals surface area contributed by atoms with Crippen molar-refractivity contribution < 1.29 is 0 Å². The third-order valence-corrected chi connectivity index (χ3v) is 4.86. The van der Waals surface area contributed by atoms with Gasteiger partial charge in [0.05, 0.1) is 11.9 Å². The normalized spacial score (nSPS) is 14.2. The molecule has 0 saturated carbocycles. The van der Waals surface area contributed by atoms with Gasteiger partial charge in [-0.2, -0.15) is 5.10 Å². The van der Waals surface area contributed by atoms with Crippen molar-refractivity contribution in [3.8, 4) is 0 Å². The number of allylic oxidation sites excluding steroid dienone is 4. The van der Waals surface area contributed by atoms with Crippen LogP contribution < -0.4 is 5.43 Å². The van der Waals surface area contributed by atoms with E-state index in [1.165, 1.54) is 16.7 Å². The average Bonchev–Trinajstić information content (AvgIpc) is 3.16. The molecule has 0 atom stereocenters. The predicted molar refractivity (Wildman–Crippen MR) is 113 cm³/mol. The van der Waals surface area contributed by atoms with Crippen LogP contribution in [0.1, 0.15) is 67.7 Å². The average molecular weight is 345 g/mol. The van der Waals surface area contributed by atoms with Crippen LogP contribution in [0.5, 0.6) is 0 Å². The molecule has 1 N–H and O–H groups in total. The Balaban J connectivity index is 1.88. The molecule has 134 valence electrons. The molecule has 0 heterocycles. The van der Waals surface area contributed by atoms with Crippen molar-refractivity contribution in [1.29, 1.82) is 0 Å². The van der Waals surface area contributed by atoms with Gasteiger partial charge in [-0.15, -0.1) is 0 Å². The van der Waals surface area contributed by atoms with Gasteiger partial charge in [0.25, 0.3) is 0 Å². The maximum Gasteiger partial charge on any atom is 0.0630 e. The molecular weight excluding hydrogens is 316 g/mol. The molecule has 0 unspecified atom stereocenters. The highest BCUT2D eigenvalue weighted by molar-refractivity contribution is 5.83. The molecule has 3 rings (SSSR count). The molecular formula is C24H28N2. The van der Waals surface area contributed by atoms with E-state index in [1.54, 1.807) is 0 Å². The zero-order chi connectivity index (χ0) is 18.5. The fraction of sp³-hybridized carbons (Fsp3) is 0.292. The molecule has 2 aromatic carbocycles. The van der Waals surface area contributed by atoms with E-state index in [2.05, 4.69) is 105 Å². The second-order valence-corrected chi connectivity index (χ2v) is 7.42. The number of nitrogens with one attached hydrogen (secondary N) is 1. The molecule has 0 saturated heterocycles. The van der Waals surface area contributed by atoms with E-state index >= 15 is 0 Å². The van der Waals surface area contributed by atoms with E-state index < -0.39 is 0 Å². The van der Waals surface area contributed by atoms with Gasteiger partial charge in [0.15, 0.2) is 0 Å². The first-order chi connectivity index (χ1) is 12.6. The Labute approximate surface area is 157 Å². The summed E-state index contributed by atoms with van der Waals surface area (Å²) in [5.74, 6) is 1.24. The number of hydrogen-bond donors (Lipinski definition) is 1. The van der Waals surface area contributed by atoms with Crippen LogP contribution in [0.2, 0.25) is 0 Å². The van der Waals surface area contributed by atoms with Crippen LogP contribution >= 0.6 is 0 Å². The van der Waals surface area contributed by atoms with E-state index in [0.717, 1.165) is 11.3 Å². The third kappa shape index (κ3) is 3.96. The standard InChI is InChI=1S/C24H28N2/c1-17(2)21-14-9-15-22(18(3)4)24(21)26-25-16-20-12-7-8-13-23(20)19-10-5-6-11-19/h5-19,26H,1-4H3. The summed E-state index contributed by atoms with van der Waals surface area (Å²) in [6.45, 7) is 8.90. The van der Waals surface area contributed by atoms with Gasteiger partial charge in [-0.1, -0.05) is 94.5 Å². The van der Waals surface area contributed by atoms with Crippen LogP contribution in [0.3, 0.4) is 0 Å². The second-order valence-electron chi connectivity index (χ2n) is 7.42. The van der Waals surface area contributed by atoms with Gasteiger partial charge in [-0.25, -0.2) is 0 Å². The summed E-state index contributed by atoms with van der Waals surface area (Å²) in [5.41, 5.74) is 9.54. The molecule has 0 aromatic heterocycles. The monoisotopic (exact) mass is 344 g/mol. The van der Waals surface area contributed by atoms with E-state index in [9.17, 15) is 0 Å². The first-order valence-electron chi connectivity index (χ1n) is 9.43. The Bertz CT molecular complexity index is 803. The largest absolute Gasteiger partial charge is 0.278 e. The Morgan fingerprint density at radius 1 is 0.846 bits per heavy atom. The zero-order valence-corrected chi connectivity index (χ0v) is 16.1. The molecule has 26 heavy (non-hydrogen) atoms. The van der Waals surface area contributed by atoms with Crippen LogP contribution in [0.4, 0.5) is 5.69 Å². The van der Waals surface area contributed by atoms with Crippen LogP contribution in [-0.2, 0) is 0 Å². The van der Waals surface area contributed by atoms with Gasteiger partial charge in [-0.3, -0.25) is 5.43 Å². The number of hydrogen-bond acceptors (Lipinski definition) is 2. The summed E-state index contributed by atoms with van der Waals surface area (Å²) in [6.07, 6.45) is 10.6. The molecule has 0 amide bonds. The minimum Gasteiger partial charge on any atom is -0.278 e. The number of para-hydroxylation sites is 1. The summed E-state index contributed by atoms with van der Waals surface area (Å²) >= 11 is 0. The lowest BCUT2D eigenvalue weighted by Crippen LogP contribution is -2.04. The van der Waals surface area contributed by atoms with Crippen LogP contribution in [0, 0.1) is 0 Å². The molecule has 2 aromatic rings. The van der Waals surface area contributed by atoms with Crippen molar-refractivity contribution in [2.24, 2.45) is 5.10 Å². The lowest BCUT2D eigenvalue weighted by molar-refractivity contribution is 0.835. The van der Waals surface area contributed by atoms with Gasteiger partial charge in [-0.05, 0) is 34.1 Å². The summed E-state index contributed by atoms with van der Waals surface area (Å²) in [6, 6.07) is 15.0. The smallest absolute Gasteiger partial charge is 0.0630 e. The Morgan fingerprint density at radius 3 is 2.08 bits per heavy atom. The summed E-state index contributed by atoms with van der Waals surface area (Å²) in [4.78, 5) is 0. The highest BCUT2D eigenvalue weighted by atomic mass is 15.3. The highest BCUT2D eigenvalue weighted by Gasteiger charge is 2.13. The lowest BCUT2D eigenvalue weighted by atomic mass is 9.93. The molecule has 2 heteroatoms. The quantitative estimate of drug-likeness (QED) is 0.464. The van der Waals surface area contributed by atoms with E-state index in [-0.39, 0.29) is 0 Å². The second kappa shape index (κ2) is 8.18. The van der Waals surface area contributed by atoms with Gasteiger partial charge in [0, 0.05) is 5.92 Å². The van der Waals surface area contributed by atoms with Crippen molar-refractivity contribution in [3.05, 3.63) is 89.0 Å². The maximum atomic E-state index is 4.61. The van der Waals surface area contributed by atoms with Crippen molar-refractivity contribution in [3.63, 3.8) is 0 Å². The van der Waals surface area contributed by atoms with Crippen molar-refractivity contribution in [2.75, 3.05) is 5.43 Å². The van der Waals surface area contributed by atoms with Gasteiger partial charge < -0.3 is 0 Å². The first kappa shape index (κ1) is 18.2. The first-order valence-corrected chi connectivity index (χ1v) is 9.43. The summed E-state index contributed by atoms with van der Waals surface area (Å²) < 4.78 is 0. The van der Waals surface area contributed by atoms with Gasteiger partial charge >= 0.3 is 0 Å². The Kier molecular flexibility index (Phi) is 5.72. The minimum atomic E-state index is 0.340. The molecule has 1 aliphatic carbocycles. The number of hydrazone groups is 1. The number of nitrogens with zero attached hydrogens (tertiary/aromatic N) is 1. The predicted octanol–water partition coefficient (Wildman–Crippen LogP) is 6.59. The highest BCUT2D eigenvalue weighted by Crippen LogP contribution is 2.32. The molecule has 0 fully saturated rings. The van der Waals surface area contributed by atoms with Crippen LogP contribution in [-0.4, -0.2) is 6.21 Å². The fourth-order valence-corrected chi connectivity index (χ4v) is 3.42. The lowest BCUT2D eigenvalue weighted by Gasteiger charge is -2.18. The van der Waals surface area contributed by atoms with Crippen molar-refractivity contribution >= 4 is 11.9 Å². The maximum absolute atomic E-state index is 4.61. The fourth-order valence-electron chi connectivity index (χ4n) is 3.42. The summed E-state index contributed by atoms with van der Waals surface area (Å²) in [5, 5.41) is 4.61. The topological polar surface area (TPSA) is 24.4 Å². The third-order valence-electron chi connectivity index (χ3n) is 4.86. The summed E-state index contributed by atoms with van der Waals surface area (Å²) in [7, 11) is 0. The van der Waals surface area contributed by atoms with E-state index in [1.807, 2.05) is 6.21 Å². The minimum absolute atomic E-state index is 0.340. The molecule has 0 radical (unpaired) electrons. The van der Waals surface area contributed by atoms with Crippen molar-refractivity contribution in [2.45, 2.75) is 45.4 Å². The number of anilines is 1. The molecule has 0 spiro atoms. The van der Waals surface area contributed by atoms with Crippen LogP contribution in [0.15, 0.2) is 71.9 Å². The Morgan fingerprint density at radius 2 is 1.46 bits per heavy atom. The van der Waals surface area contributed by atoms with Gasteiger partial charge in [0.1, 0.15) is 0 Å². The van der Waals surface area contributed by atoms with E-state index in [4.69, 9.17) is 0 Å². The van der Waals surface area contributed by atoms with Crippen molar-refractivity contribution in [1.82, 2.24) is 0 Å². The molecule has 0 bridgehead atoms. The molecule has 0 aliphatic heterocycles. The molecule has 1 aliphatic rings. The Hall–Kier alpha value is -2.61. The van der Waals surface area contributed by atoms with Gasteiger partial charge in [0.2, 0.25) is 0 Å². The molecule has 2 nitrogen and oxygen atoms in total.